The number of unbranched alkanes of at least 4 members (excludes halogenated alkanes) is 7. The Morgan fingerprint density at radius 3 is 2.06 bits per heavy atom. The molecule has 0 heterocycles. The zero-order chi connectivity index (χ0) is 23.0. The number of nitrogens with zero attached hydrogens (tertiary/aromatic N) is 1. The molecular formula is C28H39NO3. The topological polar surface area (TPSA) is 47.9 Å². The molecule has 0 saturated carbocycles. The summed E-state index contributed by atoms with van der Waals surface area (Å²) in [4.78, 5) is 16.4. The Balaban J connectivity index is 1.69. The summed E-state index contributed by atoms with van der Waals surface area (Å²) in [5, 5.41) is 0. The van der Waals surface area contributed by atoms with Crippen LogP contribution >= 0.6 is 0 Å². The van der Waals surface area contributed by atoms with Gasteiger partial charge in [0.25, 0.3) is 0 Å². The third-order valence-corrected chi connectivity index (χ3v) is 5.58. The number of rotatable bonds is 15. The predicted octanol–water partition coefficient (Wildman–Crippen LogP) is 7.91. The molecule has 0 aromatic heterocycles. The number of carbonyl (C=O) groups is 1. The molecule has 0 aliphatic rings. The fourth-order valence-corrected chi connectivity index (χ4v) is 3.21. The lowest BCUT2D eigenvalue weighted by atomic mass is 10.1. The number of aliphatic imine (C=N–C) groups is 1. The van der Waals surface area contributed by atoms with E-state index in [4.69, 9.17) is 9.47 Å². The number of ether oxygens (including phenoxy) is 2. The second-order valence-electron chi connectivity index (χ2n) is 8.37. The van der Waals surface area contributed by atoms with Crippen molar-refractivity contribution in [1.82, 2.24) is 0 Å². The number of hydrogen-bond donors (Lipinski definition) is 0. The van der Waals surface area contributed by atoms with Crippen molar-refractivity contribution >= 4 is 17.9 Å². The summed E-state index contributed by atoms with van der Waals surface area (Å²) in [6.07, 6.45) is 13.0. The van der Waals surface area contributed by atoms with Crippen LogP contribution in [0.2, 0.25) is 0 Å². The molecule has 0 N–H and O–H groups in total. The molecule has 2 rings (SSSR count). The van der Waals surface area contributed by atoms with Crippen molar-refractivity contribution in [3.63, 3.8) is 0 Å². The molecule has 2 aromatic rings. The second-order valence-corrected chi connectivity index (χ2v) is 8.37. The van der Waals surface area contributed by atoms with Crippen LogP contribution < -0.4 is 9.47 Å². The molecule has 2 aromatic carbocycles. The summed E-state index contributed by atoms with van der Waals surface area (Å²) in [6.45, 7) is 6.87. The zero-order valence-corrected chi connectivity index (χ0v) is 20.0. The molecule has 0 aliphatic heterocycles. The zero-order valence-electron chi connectivity index (χ0n) is 20.0. The van der Waals surface area contributed by atoms with Crippen molar-refractivity contribution in [3.8, 4) is 11.5 Å². The Morgan fingerprint density at radius 1 is 0.844 bits per heavy atom. The number of esters is 1. The van der Waals surface area contributed by atoms with Gasteiger partial charge in [0, 0.05) is 6.21 Å². The third-order valence-electron chi connectivity index (χ3n) is 5.58. The molecule has 0 fully saturated rings. The van der Waals surface area contributed by atoms with Crippen molar-refractivity contribution in [3.05, 3.63) is 54.1 Å². The maximum Gasteiger partial charge on any atom is 0.314 e. The molecule has 1 atom stereocenters. The van der Waals surface area contributed by atoms with Gasteiger partial charge in [-0.05, 0) is 66.9 Å². The molecule has 0 spiro atoms. The lowest BCUT2D eigenvalue weighted by Crippen LogP contribution is -2.16. The average molecular weight is 438 g/mol. The summed E-state index contributed by atoms with van der Waals surface area (Å²) < 4.78 is 11.2. The highest BCUT2D eigenvalue weighted by Crippen LogP contribution is 2.20. The van der Waals surface area contributed by atoms with E-state index in [-0.39, 0.29) is 11.9 Å². The molecule has 4 nitrogen and oxygen atoms in total. The summed E-state index contributed by atoms with van der Waals surface area (Å²) in [5.41, 5.74) is 1.82. The minimum absolute atomic E-state index is 0.0973. The largest absolute Gasteiger partial charge is 0.494 e. The predicted molar refractivity (Wildman–Crippen MR) is 133 cm³/mol. The number of benzene rings is 2. The van der Waals surface area contributed by atoms with Crippen molar-refractivity contribution in [2.75, 3.05) is 6.61 Å². The number of carbonyl (C=O) groups excluding carboxylic acids is 1. The van der Waals surface area contributed by atoms with Gasteiger partial charge in [-0.15, -0.1) is 0 Å². The normalized spacial score (nSPS) is 12.1. The molecule has 0 radical (unpaired) electrons. The first-order chi connectivity index (χ1) is 15.6. The summed E-state index contributed by atoms with van der Waals surface area (Å²) >= 11 is 0. The van der Waals surface area contributed by atoms with Gasteiger partial charge in [-0.2, -0.15) is 0 Å². The van der Waals surface area contributed by atoms with Crippen LogP contribution in [-0.2, 0) is 4.79 Å². The van der Waals surface area contributed by atoms with Gasteiger partial charge in [-0.25, -0.2) is 0 Å². The highest BCUT2D eigenvalue weighted by atomic mass is 16.5. The SMILES string of the molecule is CCCCCCCCCCOc1ccc(C=Nc2ccc(OC(=O)C(C)CC)cc2)cc1. The van der Waals surface area contributed by atoms with Gasteiger partial charge in [0.05, 0.1) is 18.2 Å². The van der Waals surface area contributed by atoms with Crippen LogP contribution in [-0.4, -0.2) is 18.8 Å². The molecule has 0 saturated heterocycles. The number of hydrogen-bond acceptors (Lipinski definition) is 4. The van der Waals surface area contributed by atoms with Crippen LogP contribution in [0, 0.1) is 5.92 Å². The Hall–Kier alpha value is -2.62. The van der Waals surface area contributed by atoms with E-state index in [1.165, 1.54) is 44.9 Å². The monoisotopic (exact) mass is 437 g/mol. The van der Waals surface area contributed by atoms with Crippen molar-refractivity contribution in [1.29, 1.82) is 0 Å². The van der Waals surface area contributed by atoms with Crippen LogP contribution in [0.25, 0.3) is 0 Å². The lowest BCUT2D eigenvalue weighted by molar-refractivity contribution is -0.138. The van der Waals surface area contributed by atoms with E-state index < -0.39 is 0 Å². The van der Waals surface area contributed by atoms with E-state index in [0.29, 0.717) is 5.75 Å². The standard InChI is InChI=1S/C28H39NO3/c1-4-6-7-8-9-10-11-12-21-31-26-17-13-24(14-18-26)22-29-25-15-19-27(20-16-25)32-28(30)23(3)5-2/h13-20,22-23H,4-12,21H2,1-3H3. The first-order valence-corrected chi connectivity index (χ1v) is 12.2. The Labute approximate surface area is 194 Å². The van der Waals surface area contributed by atoms with Gasteiger partial charge >= 0.3 is 5.97 Å². The fraction of sp³-hybridized carbons (Fsp3) is 0.500. The minimum Gasteiger partial charge on any atom is -0.494 e. The van der Waals surface area contributed by atoms with E-state index in [2.05, 4.69) is 11.9 Å². The highest BCUT2D eigenvalue weighted by molar-refractivity contribution is 5.82. The average Bonchev–Trinajstić information content (AvgIpc) is 2.82. The molecule has 0 bridgehead atoms. The first-order valence-electron chi connectivity index (χ1n) is 12.2. The Kier molecular flexibility index (Phi) is 12.2. The van der Waals surface area contributed by atoms with Crippen LogP contribution in [0.15, 0.2) is 53.5 Å². The molecule has 174 valence electrons. The smallest absolute Gasteiger partial charge is 0.314 e. The highest BCUT2D eigenvalue weighted by Gasteiger charge is 2.12. The van der Waals surface area contributed by atoms with E-state index >= 15 is 0 Å². The van der Waals surface area contributed by atoms with Gasteiger partial charge in [0.1, 0.15) is 11.5 Å². The van der Waals surface area contributed by atoms with E-state index in [0.717, 1.165) is 36.4 Å². The second kappa shape index (κ2) is 15.2. The van der Waals surface area contributed by atoms with Crippen LogP contribution in [0.1, 0.15) is 84.1 Å². The molecule has 0 amide bonds. The quantitative estimate of drug-likeness (QED) is 0.123. The van der Waals surface area contributed by atoms with Gasteiger partial charge in [0.15, 0.2) is 0 Å². The minimum atomic E-state index is -0.200. The van der Waals surface area contributed by atoms with Crippen LogP contribution in [0.4, 0.5) is 5.69 Å². The van der Waals surface area contributed by atoms with E-state index in [1.807, 2.05) is 56.5 Å². The lowest BCUT2D eigenvalue weighted by Gasteiger charge is -2.08. The molecular weight excluding hydrogens is 398 g/mol. The summed E-state index contributed by atoms with van der Waals surface area (Å²) in [7, 11) is 0. The van der Waals surface area contributed by atoms with E-state index in [1.54, 1.807) is 12.1 Å². The summed E-state index contributed by atoms with van der Waals surface area (Å²) in [5.74, 6) is 1.15. The maximum atomic E-state index is 11.9. The Bertz CT molecular complexity index is 796. The van der Waals surface area contributed by atoms with Gasteiger partial charge in [0.2, 0.25) is 0 Å². The summed E-state index contributed by atoms with van der Waals surface area (Å²) in [6, 6.07) is 15.2. The first kappa shape index (κ1) is 25.6. The fourth-order valence-electron chi connectivity index (χ4n) is 3.21. The third kappa shape index (κ3) is 10.1. The maximum absolute atomic E-state index is 11.9. The van der Waals surface area contributed by atoms with Gasteiger partial charge in [-0.1, -0.05) is 65.7 Å². The van der Waals surface area contributed by atoms with Crippen molar-refractivity contribution < 1.29 is 14.3 Å². The molecule has 32 heavy (non-hydrogen) atoms. The van der Waals surface area contributed by atoms with Crippen molar-refractivity contribution in [2.24, 2.45) is 10.9 Å². The van der Waals surface area contributed by atoms with Crippen molar-refractivity contribution in [2.45, 2.75) is 78.6 Å². The Morgan fingerprint density at radius 2 is 1.44 bits per heavy atom. The van der Waals surface area contributed by atoms with Gasteiger partial charge in [-0.3, -0.25) is 9.79 Å². The van der Waals surface area contributed by atoms with Crippen LogP contribution in [0.5, 0.6) is 11.5 Å². The van der Waals surface area contributed by atoms with Gasteiger partial charge < -0.3 is 9.47 Å². The van der Waals surface area contributed by atoms with Crippen LogP contribution in [0.3, 0.4) is 0 Å². The molecule has 0 aliphatic carbocycles. The van der Waals surface area contributed by atoms with E-state index in [9.17, 15) is 4.79 Å². The molecule has 1 unspecified atom stereocenters. The molecule has 4 heteroatoms.